The van der Waals surface area contributed by atoms with Crippen LogP contribution in [0.5, 0.6) is 0 Å². The highest BCUT2D eigenvalue weighted by molar-refractivity contribution is 7.19. The van der Waals surface area contributed by atoms with Crippen molar-refractivity contribution < 1.29 is 14.3 Å². The Morgan fingerprint density at radius 1 is 1.15 bits per heavy atom. The van der Waals surface area contributed by atoms with Gasteiger partial charge in [-0.1, -0.05) is 39.8 Å². The molecule has 1 aromatic carbocycles. The van der Waals surface area contributed by atoms with Crippen LogP contribution in [-0.4, -0.2) is 41.5 Å². The van der Waals surface area contributed by atoms with Gasteiger partial charge in [0.1, 0.15) is 5.01 Å². The maximum absolute atomic E-state index is 12.3. The fraction of sp³-hybridized carbons (Fsp3) is 0.450. The zero-order valence-electron chi connectivity index (χ0n) is 15.8. The molecule has 2 aromatic rings. The third-order valence-corrected chi connectivity index (χ3v) is 4.54. The number of ether oxygens (including phenoxy) is 1. The fourth-order valence-electron chi connectivity index (χ4n) is 2.53. The highest BCUT2D eigenvalue weighted by Crippen LogP contribution is 2.22. The van der Waals surface area contributed by atoms with Crippen molar-refractivity contribution in [2.45, 2.75) is 27.7 Å². The van der Waals surface area contributed by atoms with E-state index in [1.54, 1.807) is 11.0 Å². The standard InChI is InChI=1S/C20H26N2O3S/c1-14(2)11-22(12-15(3)4)19(23)13-25-20(24)10-9-18-21-16-7-5-6-8-17(16)26-18/h5-10,14-15H,11-13H2,1-4H3/b10-9+. The number of amides is 1. The number of carbonyl (C=O) groups excluding carboxylic acids is 2. The van der Waals surface area contributed by atoms with Crippen LogP contribution in [0.4, 0.5) is 0 Å². The summed E-state index contributed by atoms with van der Waals surface area (Å²) in [5, 5.41) is 0.732. The van der Waals surface area contributed by atoms with Crippen molar-refractivity contribution in [1.29, 1.82) is 0 Å². The molecule has 0 spiro atoms. The van der Waals surface area contributed by atoms with Gasteiger partial charge in [-0.3, -0.25) is 4.79 Å². The van der Waals surface area contributed by atoms with E-state index in [-0.39, 0.29) is 12.5 Å². The van der Waals surface area contributed by atoms with Gasteiger partial charge in [-0.15, -0.1) is 11.3 Å². The SMILES string of the molecule is CC(C)CN(CC(C)C)C(=O)COC(=O)/C=C/c1nc2ccccc2s1. The van der Waals surface area contributed by atoms with Crippen molar-refractivity contribution in [2.24, 2.45) is 11.8 Å². The summed E-state index contributed by atoms with van der Waals surface area (Å²) in [4.78, 5) is 30.4. The first-order valence-corrected chi connectivity index (χ1v) is 9.65. The Labute approximate surface area is 158 Å². The zero-order valence-corrected chi connectivity index (χ0v) is 16.6. The average molecular weight is 375 g/mol. The predicted octanol–water partition coefficient (Wildman–Crippen LogP) is 3.99. The largest absolute Gasteiger partial charge is 0.452 e. The molecular formula is C20H26N2O3S. The molecule has 0 saturated carbocycles. The van der Waals surface area contributed by atoms with Crippen molar-refractivity contribution in [3.8, 4) is 0 Å². The Morgan fingerprint density at radius 2 is 1.81 bits per heavy atom. The van der Waals surface area contributed by atoms with Crippen LogP contribution in [-0.2, 0) is 14.3 Å². The highest BCUT2D eigenvalue weighted by atomic mass is 32.1. The summed E-state index contributed by atoms with van der Waals surface area (Å²) in [6, 6.07) is 7.79. The molecule has 0 aliphatic carbocycles. The number of rotatable bonds is 8. The second-order valence-electron chi connectivity index (χ2n) is 7.05. The van der Waals surface area contributed by atoms with Gasteiger partial charge in [-0.05, 0) is 30.0 Å². The summed E-state index contributed by atoms with van der Waals surface area (Å²) in [6.07, 6.45) is 2.94. The van der Waals surface area contributed by atoms with Crippen LogP contribution in [0.3, 0.4) is 0 Å². The van der Waals surface area contributed by atoms with E-state index >= 15 is 0 Å². The normalized spacial score (nSPS) is 11.6. The Kier molecular flexibility index (Phi) is 7.33. The number of nitrogens with zero attached hydrogens (tertiary/aromatic N) is 2. The summed E-state index contributed by atoms with van der Waals surface area (Å²) in [5.41, 5.74) is 0.902. The van der Waals surface area contributed by atoms with Crippen LogP contribution in [0.1, 0.15) is 32.7 Å². The quantitative estimate of drug-likeness (QED) is 0.518. The van der Waals surface area contributed by atoms with Crippen LogP contribution >= 0.6 is 11.3 Å². The lowest BCUT2D eigenvalue weighted by molar-refractivity contribution is -0.148. The van der Waals surface area contributed by atoms with E-state index < -0.39 is 5.97 Å². The summed E-state index contributed by atoms with van der Waals surface area (Å²) < 4.78 is 6.17. The Balaban J connectivity index is 1.88. The van der Waals surface area contributed by atoms with Gasteiger partial charge in [0.2, 0.25) is 0 Å². The molecule has 2 rings (SSSR count). The molecule has 0 bridgehead atoms. The van der Waals surface area contributed by atoms with E-state index in [1.165, 1.54) is 17.4 Å². The van der Waals surface area contributed by atoms with Crippen LogP contribution < -0.4 is 0 Å². The smallest absolute Gasteiger partial charge is 0.331 e. The molecule has 0 radical (unpaired) electrons. The molecule has 0 aliphatic heterocycles. The molecule has 1 heterocycles. The topological polar surface area (TPSA) is 59.5 Å². The maximum atomic E-state index is 12.3. The Bertz CT molecular complexity index is 737. The molecular weight excluding hydrogens is 348 g/mol. The first-order chi connectivity index (χ1) is 12.3. The van der Waals surface area contributed by atoms with Gasteiger partial charge in [0.05, 0.1) is 10.2 Å². The third kappa shape index (κ3) is 6.26. The lowest BCUT2D eigenvalue weighted by atomic mass is 10.1. The molecule has 1 amide bonds. The molecule has 26 heavy (non-hydrogen) atoms. The lowest BCUT2D eigenvalue weighted by Crippen LogP contribution is -2.39. The number of benzene rings is 1. The number of esters is 1. The van der Waals surface area contributed by atoms with Crippen molar-refractivity contribution in [1.82, 2.24) is 9.88 Å². The van der Waals surface area contributed by atoms with Crippen LogP contribution in [0.2, 0.25) is 0 Å². The third-order valence-electron chi connectivity index (χ3n) is 3.53. The predicted molar refractivity (Wildman–Crippen MR) is 106 cm³/mol. The van der Waals surface area contributed by atoms with Crippen LogP contribution in [0.15, 0.2) is 30.3 Å². The number of hydrogen-bond acceptors (Lipinski definition) is 5. The minimum Gasteiger partial charge on any atom is -0.452 e. The Morgan fingerprint density at radius 3 is 2.42 bits per heavy atom. The van der Waals surface area contributed by atoms with Crippen molar-refractivity contribution in [3.05, 3.63) is 35.3 Å². The summed E-state index contributed by atoms with van der Waals surface area (Å²) in [7, 11) is 0. The number of thiazole rings is 1. The van der Waals surface area contributed by atoms with Gasteiger partial charge in [-0.2, -0.15) is 0 Å². The monoisotopic (exact) mass is 374 g/mol. The second-order valence-corrected chi connectivity index (χ2v) is 8.11. The maximum Gasteiger partial charge on any atom is 0.331 e. The van der Waals surface area contributed by atoms with Crippen LogP contribution in [0, 0.1) is 11.8 Å². The second kappa shape index (κ2) is 9.48. The van der Waals surface area contributed by atoms with E-state index in [0.29, 0.717) is 24.9 Å². The number of hydrogen-bond donors (Lipinski definition) is 0. The summed E-state index contributed by atoms with van der Waals surface area (Å²) >= 11 is 1.50. The number of para-hydroxylation sites is 1. The van der Waals surface area contributed by atoms with Gasteiger partial charge in [0, 0.05) is 19.2 Å². The molecule has 0 fully saturated rings. The number of carbonyl (C=O) groups is 2. The summed E-state index contributed by atoms with van der Waals surface area (Å²) in [5.74, 6) is 0.0421. The van der Waals surface area contributed by atoms with E-state index in [2.05, 4.69) is 32.7 Å². The number of aromatic nitrogens is 1. The molecule has 0 N–H and O–H groups in total. The van der Waals surface area contributed by atoms with E-state index in [9.17, 15) is 9.59 Å². The first-order valence-electron chi connectivity index (χ1n) is 8.83. The summed E-state index contributed by atoms with van der Waals surface area (Å²) in [6.45, 7) is 9.34. The van der Waals surface area contributed by atoms with E-state index in [0.717, 1.165) is 15.2 Å². The van der Waals surface area contributed by atoms with Crippen molar-refractivity contribution in [3.63, 3.8) is 0 Å². The van der Waals surface area contributed by atoms with Crippen molar-refractivity contribution in [2.75, 3.05) is 19.7 Å². The van der Waals surface area contributed by atoms with Gasteiger partial charge < -0.3 is 9.64 Å². The zero-order chi connectivity index (χ0) is 19.1. The van der Waals surface area contributed by atoms with Gasteiger partial charge in [0.15, 0.2) is 6.61 Å². The molecule has 0 aliphatic rings. The number of fused-ring (bicyclic) bond motifs is 1. The molecule has 0 saturated heterocycles. The van der Waals surface area contributed by atoms with Crippen LogP contribution in [0.25, 0.3) is 16.3 Å². The van der Waals surface area contributed by atoms with E-state index in [1.807, 2.05) is 24.3 Å². The Hall–Kier alpha value is -2.21. The molecule has 6 heteroatoms. The highest BCUT2D eigenvalue weighted by Gasteiger charge is 2.17. The molecule has 0 atom stereocenters. The van der Waals surface area contributed by atoms with Gasteiger partial charge in [0.25, 0.3) is 5.91 Å². The minimum absolute atomic E-state index is 0.158. The molecule has 0 unspecified atom stereocenters. The lowest BCUT2D eigenvalue weighted by Gasteiger charge is -2.26. The molecule has 1 aromatic heterocycles. The van der Waals surface area contributed by atoms with E-state index in [4.69, 9.17) is 4.74 Å². The molecule has 140 valence electrons. The van der Waals surface area contributed by atoms with Gasteiger partial charge in [-0.25, -0.2) is 9.78 Å². The minimum atomic E-state index is -0.536. The first kappa shape index (κ1) is 20.1. The van der Waals surface area contributed by atoms with Gasteiger partial charge >= 0.3 is 5.97 Å². The molecule has 5 nitrogen and oxygen atoms in total. The average Bonchev–Trinajstić information content (AvgIpc) is 2.99. The fourth-order valence-corrected chi connectivity index (χ4v) is 3.40. The van der Waals surface area contributed by atoms with Crippen molar-refractivity contribution >= 4 is 39.5 Å².